The molecule has 0 bridgehead atoms. The lowest BCUT2D eigenvalue weighted by atomic mass is 10.7. The first kappa shape index (κ1) is 19.9. The summed E-state index contributed by atoms with van der Waals surface area (Å²) >= 11 is 0. The second kappa shape index (κ2) is 10.6. The largest absolute Gasteiger partial charge is 0.524 e. The molecular formula is C9H24N3O7P. The first-order valence-corrected chi connectivity index (χ1v) is 7.33. The predicted molar refractivity (Wildman–Crippen MR) is 69.7 cm³/mol. The lowest BCUT2D eigenvalue weighted by molar-refractivity contribution is -0.0848. The molecule has 3 N–H and O–H groups in total. The van der Waals surface area contributed by atoms with Gasteiger partial charge in [0.05, 0.1) is 0 Å². The first-order valence-electron chi connectivity index (χ1n) is 5.87. The molecule has 0 aromatic rings. The highest BCUT2D eigenvalue weighted by Crippen LogP contribution is 2.46. The Kier molecular flexibility index (Phi) is 10.5. The molecule has 11 heteroatoms. The van der Waals surface area contributed by atoms with Gasteiger partial charge in [-0.3, -0.25) is 0 Å². The lowest BCUT2D eigenvalue weighted by Gasteiger charge is -2.22. The molecule has 122 valence electrons. The molecule has 0 aromatic heterocycles. The van der Waals surface area contributed by atoms with Gasteiger partial charge in [0.15, 0.2) is 0 Å². The number of nitrogens with one attached hydrogen (secondary N) is 3. The topological polar surface area (TPSA) is 109 Å². The van der Waals surface area contributed by atoms with Gasteiger partial charge in [-0.05, 0) is 20.8 Å². The fourth-order valence-corrected chi connectivity index (χ4v) is 1.56. The van der Waals surface area contributed by atoms with E-state index in [-0.39, 0.29) is 0 Å². The molecule has 3 unspecified atom stereocenters. The summed E-state index contributed by atoms with van der Waals surface area (Å²) in [4.78, 5) is 0. The van der Waals surface area contributed by atoms with E-state index in [4.69, 9.17) is 28.1 Å². The smallest absolute Gasteiger partial charge is 0.365 e. The average molecular weight is 317 g/mol. The minimum Gasteiger partial charge on any atom is -0.365 e. The van der Waals surface area contributed by atoms with Crippen molar-refractivity contribution in [1.82, 2.24) is 16.4 Å². The zero-order valence-corrected chi connectivity index (χ0v) is 13.4. The van der Waals surface area contributed by atoms with Crippen LogP contribution in [0, 0.1) is 0 Å². The summed E-state index contributed by atoms with van der Waals surface area (Å²) in [6, 6.07) is 0. The maximum absolute atomic E-state index is 12.3. The van der Waals surface area contributed by atoms with E-state index < -0.39 is 26.5 Å². The summed E-state index contributed by atoms with van der Waals surface area (Å²) in [7, 11) is 0.352. The third-order valence-corrected chi connectivity index (χ3v) is 3.04. The molecule has 0 saturated carbocycles. The molecule has 0 aliphatic rings. The molecule has 0 radical (unpaired) electrons. The summed E-state index contributed by atoms with van der Waals surface area (Å²) in [6.45, 7) is 4.92. The predicted octanol–water partition coefficient (Wildman–Crippen LogP) is 0.635. The maximum atomic E-state index is 12.3. The summed E-state index contributed by atoms with van der Waals surface area (Å²) in [5, 5.41) is 0. The van der Waals surface area contributed by atoms with Crippen LogP contribution in [0.1, 0.15) is 20.8 Å². The van der Waals surface area contributed by atoms with Crippen LogP contribution in [0.2, 0.25) is 0 Å². The Hall–Kier alpha value is -0.130. The van der Waals surface area contributed by atoms with Gasteiger partial charge in [-0.1, -0.05) is 0 Å². The molecule has 3 atom stereocenters. The van der Waals surface area contributed by atoms with Crippen molar-refractivity contribution in [3.63, 3.8) is 0 Å². The first-order chi connectivity index (χ1) is 9.36. The van der Waals surface area contributed by atoms with E-state index in [1.165, 1.54) is 21.3 Å². The third kappa shape index (κ3) is 8.93. The quantitative estimate of drug-likeness (QED) is 0.269. The van der Waals surface area contributed by atoms with Crippen LogP contribution in [0.15, 0.2) is 0 Å². The third-order valence-electron chi connectivity index (χ3n) is 2.05. The molecule has 0 fully saturated rings. The van der Waals surface area contributed by atoms with Gasteiger partial charge in [0.2, 0.25) is 0 Å². The van der Waals surface area contributed by atoms with Crippen molar-refractivity contribution in [2.24, 2.45) is 0 Å². The van der Waals surface area contributed by atoms with Crippen LogP contribution < -0.4 is 16.4 Å². The van der Waals surface area contributed by atoms with E-state index in [1.54, 1.807) is 20.8 Å². The number of hydrogen-bond acceptors (Lipinski definition) is 10. The molecule has 20 heavy (non-hydrogen) atoms. The summed E-state index contributed by atoms with van der Waals surface area (Å²) < 4.78 is 41.5. The van der Waals surface area contributed by atoms with E-state index >= 15 is 0 Å². The molecule has 0 amide bonds. The number of hydroxylamine groups is 3. The van der Waals surface area contributed by atoms with Crippen LogP contribution in [0.5, 0.6) is 0 Å². The van der Waals surface area contributed by atoms with Crippen molar-refractivity contribution in [2.45, 2.75) is 39.5 Å². The van der Waals surface area contributed by atoms with Crippen LogP contribution in [-0.2, 0) is 32.6 Å². The van der Waals surface area contributed by atoms with Crippen molar-refractivity contribution in [3.8, 4) is 0 Å². The molecule has 0 heterocycles. The van der Waals surface area contributed by atoms with E-state index in [0.29, 0.717) is 0 Å². The van der Waals surface area contributed by atoms with Crippen molar-refractivity contribution in [3.05, 3.63) is 0 Å². The van der Waals surface area contributed by atoms with Crippen LogP contribution in [0.4, 0.5) is 0 Å². The minimum absolute atomic E-state index is 0.518. The Bertz CT molecular complexity index is 254. The maximum Gasteiger partial charge on any atom is 0.524 e. The highest BCUT2D eigenvalue weighted by molar-refractivity contribution is 7.48. The van der Waals surface area contributed by atoms with E-state index in [2.05, 4.69) is 16.4 Å². The zero-order valence-electron chi connectivity index (χ0n) is 12.5. The minimum atomic E-state index is -3.99. The van der Waals surface area contributed by atoms with Gasteiger partial charge in [-0.15, -0.1) is 0 Å². The second-order valence-electron chi connectivity index (χ2n) is 3.71. The van der Waals surface area contributed by atoms with E-state index in [0.717, 1.165) is 0 Å². The van der Waals surface area contributed by atoms with E-state index in [9.17, 15) is 4.57 Å². The van der Waals surface area contributed by atoms with Crippen molar-refractivity contribution < 1.29 is 32.6 Å². The molecule has 0 aromatic carbocycles. The molecule has 0 rings (SSSR count). The van der Waals surface area contributed by atoms with Gasteiger partial charge in [0.1, 0.15) is 18.7 Å². The van der Waals surface area contributed by atoms with Gasteiger partial charge in [-0.2, -0.15) is 30.3 Å². The highest BCUT2D eigenvalue weighted by Gasteiger charge is 2.31. The van der Waals surface area contributed by atoms with Gasteiger partial charge < -0.3 is 14.2 Å². The lowest BCUT2D eigenvalue weighted by Crippen LogP contribution is -2.34. The van der Waals surface area contributed by atoms with E-state index in [1.807, 2.05) is 0 Å². The van der Waals surface area contributed by atoms with Crippen LogP contribution >= 0.6 is 7.82 Å². The van der Waals surface area contributed by atoms with Crippen LogP contribution in [0.25, 0.3) is 0 Å². The Labute approximate surface area is 118 Å². The number of methoxy groups -OCH3 is 3. The highest BCUT2D eigenvalue weighted by atomic mass is 31.2. The number of ether oxygens (including phenoxy) is 3. The molecule has 10 nitrogen and oxygen atoms in total. The molecule has 0 spiro atoms. The fourth-order valence-electron chi connectivity index (χ4n) is 0.617. The Morgan fingerprint density at radius 2 is 0.950 bits per heavy atom. The van der Waals surface area contributed by atoms with Gasteiger partial charge in [0, 0.05) is 21.3 Å². The summed E-state index contributed by atoms with van der Waals surface area (Å²) in [5.74, 6) is 0. The summed E-state index contributed by atoms with van der Waals surface area (Å²) in [5.41, 5.74) is 7.08. The standard InChI is InChI=1S/C9H24N3O7P/c1-7(14-4)10-17-20(13,18-11-8(2)15-5)19-12-9(3)16-6/h7-12H,1-6H3. The number of phosphoric acid groups is 1. The van der Waals surface area contributed by atoms with Crippen molar-refractivity contribution >= 4 is 7.82 Å². The van der Waals surface area contributed by atoms with Gasteiger partial charge in [-0.25, -0.2) is 4.57 Å². The van der Waals surface area contributed by atoms with Crippen molar-refractivity contribution in [2.75, 3.05) is 21.3 Å². The number of rotatable bonds is 12. The Morgan fingerprint density at radius 1 is 0.700 bits per heavy atom. The van der Waals surface area contributed by atoms with Crippen LogP contribution in [0.3, 0.4) is 0 Å². The SMILES string of the molecule is COC(C)NOP(=O)(ONC(C)OC)ONC(C)OC. The Balaban J connectivity index is 4.45. The normalized spacial score (nSPS) is 19.3. The van der Waals surface area contributed by atoms with Crippen molar-refractivity contribution in [1.29, 1.82) is 0 Å². The molecule has 0 aliphatic carbocycles. The molecule has 0 saturated heterocycles. The molecular weight excluding hydrogens is 293 g/mol. The average Bonchev–Trinajstić information content (AvgIpc) is 2.47. The van der Waals surface area contributed by atoms with Gasteiger partial charge >= 0.3 is 7.82 Å². The van der Waals surface area contributed by atoms with Crippen LogP contribution in [-0.4, -0.2) is 40.0 Å². The fraction of sp³-hybridized carbons (Fsp3) is 1.00. The molecule has 0 aliphatic heterocycles. The zero-order chi connectivity index (χ0) is 15.6. The second-order valence-corrected chi connectivity index (χ2v) is 5.15. The monoisotopic (exact) mass is 317 g/mol. The van der Waals surface area contributed by atoms with Gasteiger partial charge in [0.25, 0.3) is 0 Å². The Morgan fingerprint density at radius 3 is 1.15 bits per heavy atom. The number of hydrogen-bond donors (Lipinski definition) is 3. The summed E-state index contributed by atoms with van der Waals surface area (Å²) in [6.07, 6.45) is -1.55.